The number of amides is 1. The first kappa shape index (κ1) is 24.0. The molecule has 10 heteroatoms. The molecule has 1 N–H and O–H groups in total. The standard InChI is InChI=1S/C21H30F3N3O3S/c1-15-6-5-8-18(16(15)2)25-20(28)14-26-10-12-27(13-11-26)31(29,30)19-9-4-3-7-17(19)21(22,23)24/h3-4,7,9,15-16,18H,5-6,8,10-14H2,1-2H3,(H,25,28)/t15-,16-,18+/m1/s1. The first-order chi connectivity index (χ1) is 14.5. The van der Waals surface area contributed by atoms with Crippen LogP contribution in [0, 0.1) is 11.8 Å². The van der Waals surface area contributed by atoms with Gasteiger partial charge in [-0.25, -0.2) is 8.42 Å². The van der Waals surface area contributed by atoms with Crippen LogP contribution in [0.15, 0.2) is 29.2 Å². The van der Waals surface area contributed by atoms with Crippen molar-refractivity contribution in [2.24, 2.45) is 11.8 Å². The third-order valence-electron chi connectivity index (χ3n) is 6.56. The second-order valence-electron chi connectivity index (χ2n) is 8.62. The number of rotatable bonds is 5. The number of sulfonamides is 1. The summed E-state index contributed by atoms with van der Waals surface area (Å²) < 4.78 is 66.5. The van der Waals surface area contributed by atoms with Crippen molar-refractivity contribution in [3.05, 3.63) is 29.8 Å². The van der Waals surface area contributed by atoms with Crippen molar-refractivity contribution in [1.29, 1.82) is 0 Å². The Kier molecular flexibility index (Phi) is 7.32. The quantitative estimate of drug-likeness (QED) is 0.732. The average molecular weight is 462 g/mol. The lowest BCUT2D eigenvalue weighted by molar-refractivity contribution is -0.140. The van der Waals surface area contributed by atoms with Gasteiger partial charge in [-0.2, -0.15) is 17.5 Å². The van der Waals surface area contributed by atoms with Crippen molar-refractivity contribution in [2.45, 2.75) is 50.2 Å². The van der Waals surface area contributed by atoms with E-state index < -0.39 is 26.7 Å². The van der Waals surface area contributed by atoms with Gasteiger partial charge in [0, 0.05) is 32.2 Å². The molecule has 174 valence electrons. The van der Waals surface area contributed by atoms with Gasteiger partial charge < -0.3 is 5.32 Å². The van der Waals surface area contributed by atoms with Crippen LogP contribution in [-0.4, -0.2) is 62.3 Å². The average Bonchev–Trinajstić information content (AvgIpc) is 2.71. The molecule has 1 aromatic carbocycles. The number of nitrogens with zero attached hydrogens (tertiary/aromatic N) is 2. The molecule has 1 heterocycles. The van der Waals surface area contributed by atoms with E-state index in [1.807, 2.05) is 4.90 Å². The van der Waals surface area contributed by atoms with Crippen LogP contribution in [0.3, 0.4) is 0 Å². The molecule has 2 aliphatic rings. The molecule has 1 saturated heterocycles. The van der Waals surface area contributed by atoms with Gasteiger partial charge in [0.2, 0.25) is 15.9 Å². The minimum Gasteiger partial charge on any atom is -0.352 e. The molecule has 6 nitrogen and oxygen atoms in total. The predicted octanol–water partition coefficient (Wildman–Crippen LogP) is 2.95. The molecule has 0 radical (unpaired) electrons. The van der Waals surface area contributed by atoms with Crippen LogP contribution in [0.25, 0.3) is 0 Å². The first-order valence-corrected chi connectivity index (χ1v) is 12.1. The van der Waals surface area contributed by atoms with E-state index in [-0.39, 0.29) is 44.7 Å². The van der Waals surface area contributed by atoms with E-state index in [0.29, 0.717) is 11.8 Å². The molecule has 1 aliphatic carbocycles. The number of carbonyl (C=O) groups excluding carboxylic acids is 1. The van der Waals surface area contributed by atoms with Gasteiger partial charge in [0.1, 0.15) is 0 Å². The molecule has 0 unspecified atom stereocenters. The van der Waals surface area contributed by atoms with Crippen molar-refractivity contribution < 1.29 is 26.4 Å². The van der Waals surface area contributed by atoms with Crippen LogP contribution >= 0.6 is 0 Å². The van der Waals surface area contributed by atoms with Gasteiger partial charge in [0.25, 0.3) is 0 Å². The van der Waals surface area contributed by atoms with Gasteiger partial charge in [0.05, 0.1) is 17.0 Å². The molecule has 1 aromatic rings. The molecule has 31 heavy (non-hydrogen) atoms. The van der Waals surface area contributed by atoms with Crippen LogP contribution in [0.1, 0.15) is 38.7 Å². The fraction of sp³-hybridized carbons (Fsp3) is 0.667. The van der Waals surface area contributed by atoms with Crippen molar-refractivity contribution in [2.75, 3.05) is 32.7 Å². The van der Waals surface area contributed by atoms with Crippen molar-refractivity contribution in [3.63, 3.8) is 0 Å². The third-order valence-corrected chi connectivity index (χ3v) is 8.52. The number of hydrogen-bond acceptors (Lipinski definition) is 4. The highest BCUT2D eigenvalue weighted by Crippen LogP contribution is 2.35. The number of nitrogens with one attached hydrogen (secondary N) is 1. The molecule has 0 aromatic heterocycles. The van der Waals surface area contributed by atoms with Crippen LogP contribution in [0.2, 0.25) is 0 Å². The van der Waals surface area contributed by atoms with Crippen LogP contribution in [0.4, 0.5) is 13.2 Å². The van der Waals surface area contributed by atoms with Gasteiger partial charge >= 0.3 is 6.18 Å². The summed E-state index contributed by atoms with van der Waals surface area (Å²) in [6.45, 7) is 5.16. The number of hydrogen-bond donors (Lipinski definition) is 1. The topological polar surface area (TPSA) is 69.7 Å². The minimum absolute atomic E-state index is 0.0403. The van der Waals surface area contributed by atoms with Crippen LogP contribution in [-0.2, 0) is 21.0 Å². The van der Waals surface area contributed by atoms with Gasteiger partial charge in [-0.1, -0.05) is 38.8 Å². The monoisotopic (exact) mass is 461 g/mol. The van der Waals surface area contributed by atoms with Gasteiger partial charge in [-0.15, -0.1) is 0 Å². The zero-order chi connectivity index (χ0) is 22.8. The molecule has 1 aliphatic heterocycles. The highest BCUT2D eigenvalue weighted by molar-refractivity contribution is 7.89. The molecule has 1 saturated carbocycles. The Labute approximate surface area is 181 Å². The summed E-state index contributed by atoms with van der Waals surface area (Å²) in [4.78, 5) is 13.6. The number of halogens is 3. The van der Waals surface area contributed by atoms with E-state index in [9.17, 15) is 26.4 Å². The van der Waals surface area contributed by atoms with Gasteiger partial charge in [-0.3, -0.25) is 9.69 Å². The third kappa shape index (κ3) is 5.59. The van der Waals surface area contributed by atoms with E-state index in [1.54, 1.807) is 0 Å². The number of carbonyl (C=O) groups is 1. The van der Waals surface area contributed by atoms with Crippen LogP contribution < -0.4 is 5.32 Å². The molecule has 0 spiro atoms. The normalized spacial score (nSPS) is 26.5. The maximum absolute atomic E-state index is 13.3. The smallest absolute Gasteiger partial charge is 0.352 e. The second-order valence-corrected chi connectivity index (χ2v) is 10.5. The lowest BCUT2D eigenvalue weighted by Crippen LogP contribution is -2.53. The zero-order valence-electron chi connectivity index (χ0n) is 17.9. The Bertz CT molecular complexity index is 883. The SMILES string of the molecule is C[C@@H]1[C@H](C)CCC[C@@H]1NC(=O)CN1CCN(S(=O)(=O)c2ccccc2C(F)(F)F)CC1. The van der Waals surface area contributed by atoms with Crippen molar-refractivity contribution >= 4 is 15.9 Å². The maximum Gasteiger partial charge on any atom is 0.417 e. The summed E-state index contributed by atoms with van der Waals surface area (Å²) in [7, 11) is -4.28. The zero-order valence-corrected chi connectivity index (χ0v) is 18.7. The molecule has 2 fully saturated rings. The number of alkyl halides is 3. The Morgan fingerprint density at radius 3 is 2.39 bits per heavy atom. The first-order valence-electron chi connectivity index (χ1n) is 10.7. The Morgan fingerprint density at radius 1 is 1.10 bits per heavy atom. The Balaban J connectivity index is 1.58. The largest absolute Gasteiger partial charge is 0.417 e. The molecule has 3 rings (SSSR count). The van der Waals surface area contributed by atoms with Crippen LogP contribution in [0.5, 0.6) is 0 Å². The summed E-state index contributed by atoms with van der Waals surface area (Å²) in [5.74, 6) is 0.880. The fourth-order valence-electron chi connectivity index (χ4n) is 4.43. The summed E-state index contributed by atoms with van der Waals surface area (Å²) in [5.41, 5.74) is -1.16. The fourth-order valence-corrected chi connectivity index (χ4v) is 6.07. The summed E-state index contributed by atoms with van der Waals surface area (Å²) in [5, 5.41) is 3.10. The minimum atomic E-state index is -4.75. The summed E-state index contributed by atoms with van der Waals surface area (Å²) in [6.07, 6.45) is -1.53. The molecular weight excluding hydrogens is 431 g/mol. The summed E-state index contributed by atoms with van der Waals surface area (Å²) >= 11 is 0. The lowest BCUT2D eigenvalue weighted by atomic mass is 9.78. The second kappa shape index (κ2) is 9.46. The number of benzene rings is 1. The summed E-state index contributed by atoms with van der Waals surface area (Å²) in [6, 6.07) is 4.38. The van der Waals surface area contributed by atoms with E-state index in [0.717, 1.165) is 29.3 Å². The van der Waals surface area contributed by atoms with Crippen molar-refractivity contribution in [1.82, 2.24) is 14.5 Å². The highest BCUT2D eigenvalue weighted by atomic mass is 32.2. The Hall–Kier alpha value is -1.65. The maximum atomic E-state index is 13.3. The highest BCUT2D eigenvalue weighted by Gasteiger charge is 2.39. The van der Waals surface area contributed by atoms with Crippen molar-refractivity contribution in [3.8, 4) is 0 Å². The van der Waals surface area contributed by atoms with E-state index >= 15 is 0 Å². The number of piperazine rings is 1. The van der Waals surface area contributed by atoms with Gasteiger partial charge in [-0.05, 0) is 30.4 Å². The lowest BCUT2D eigenvalue weighted by Gasteiger charge is -2.36. The van der Waals surface area contributed by atoms with E-state index in [1.165, 1.54) is 18.6 Å². The molecule has 0 bridgehead atoms. The molecule has 1 amide bonds. The Morgan fingerprint density at radius 2 is 1.74 bits per heavy atom. The molecule has 3 atom stereocenters. The van der Waals surface area contributed by atoms with Gasteiger partial charge in [0.15, 0.2) is 0 Å². The molecular formula is C21H30F3N3O3S. The predicted molar refractivity (Wildman–Crippen MR) is 111 cm³/mol. The van der Waals surface area contributed by atoms with E-state index in [4.69, 9.17) is 0 Å². The van der Waals surface area contributed by atoms with E-state index in [2.05, 4.69) is 19.2 Å².